The van der Waals surface area contributed by atoms with Gasteiger partial charge in [0.05, 0.1) is 22.9 Å². The summed E-state index contributed by atoms with van der Waals surface area (Å²) in [6, 6.07) is 13.6. The van der Waals surface area contributed by atoms with E-state index >= 15 is 0 Å². The Morgan fingerprint density at radius 3 is 2.67 bits per heavy atom. The predicted octanol–water partition coefficient (Wildman–Crippen LogP) is 4.91. The lowest BCUT2D eigenvalue weighted by Gasteiger charge is -2.28. The van der Waals surface area contributed by atoms with Gasteiger partial charge in [-0.2, -0.15) is 0 Å². The highest BCUT2D eigenvalue weighted by Gasteiger charge is 2.20. The molecule has 0 aliphatic carbocycles. The molecule has 9 heteroatoms. The van der Waals surface area contributed by atoms with Crippen LogP contribution in [0.25, 0.3) is 16.7 Å². The molecule has 1 atom stereocenters. The second-order valence-electron chi connectivity index (χ2n) is 9.63. The van der Waals surface area contributed by atoms with Crippen molar-refractivity contribution in [1.29, 1.82) is 0 Å². The number of oxazole rings is 1. The van der Waals surface area contributed by atoms with Crippen LogP contribution in [0.4, 0.5) is 11.6 Å². The fourth-order valence-electron chi connectivity index (χ4n) is 3.57. The number of rotatable bonds is 8. The van der Waals surface area contributed by atoms with E-state index in [2.05, 4.69) is 55.2 Å². The third-order valence-corrected chi connectivity index (χ3v) is 6.07. The highest BCUT2D eigenvalue weighted by molar-refractivity contribution is 6.02. The van der Waals surface area contributed by atoms with Crippen LogP contribution in [-0.4, -0.2) is 32.4 Å². The molecule has 0 radical (unpaired) electrons. The molecule has 9 nitrogen and oxygen atoms in total. The molecule has 36 heavy (non-hydrogen) atoms. The standard InChI is InChI=1S/C27H30N6O3/c1-6-24(34)30-19-8-7-9-20(13-19)33-22-11-10-18(14-29-17(2)27(3,4)5)12-21(22)31-26(33)32-25(35)23-15-28-16-36-23/h6-13,15-17,29H,1,14H2,2-5H3,(H,30,34)(H,31,32,35)/t17-/m0/s1. The van der Waals surface area contributed by atoms with Gasteiger partial charge in [-0.15, -0.1) is 0 Å². The minimum Gasteiger partial charge on any atom is -0.438 e. The summed E-state index contributed by atoms with van der Waals surface area (Å²) in [5.41, 5.74) is 4.01. The molecule has 2 aromatic carbocycles. The maximum atomic E-state index is 12.7. The van der Waals surface area contributed by atoms with Crippen LogP contribution in [0.1, 0.15) is 43.8 Å². The van der Waals surface area contributed by atoms with E-state index in [1.165, 1.54) is 18.7 Å². The smallest absolute Gasteiger partial charge is 0.295 e. The summed E-state index contributed by atoms with van der Waals surface area (Å²) in [5, 5.41) is 9.15. The maximum Gasteiger partial charge on any atom is 0.295 e. The first-order chi connectivity index (χ1) is 17.2. The van der Waals surface area contributed by atoms with Gasteiger partial charge >= 0.3 is 0 Å². The number of anilines is 2. The second kappa shape index (κ2) is 10.2. The molecule has 0 fully saturated rings. The number of imidazole rings is 1. The molecule has 0 aliphatic rings. The molecule has 3 N–H and O–H groups in total. The molecule has 2 aromatic heterocycles. The van der Waals surface area contributed by atoms with Crippen LogP contribution < -0.4 is 16.0 Å². The van der Waals surface area contributed by atoms with Gasteiger partial charge in [0.15, 0.2) is 6.39 Å². The summed E-state index contributed by atoms with van der Waals surface area (Å²) in [5.74, 6) is -0.405. The van der Waals surface area contributed by atoms with Gasteiger partial charge in [-0.1, -0.05) is 39.5 Å². The third kappa shape index (κ3) is 5.52. The van der Waals surface area contributed by atoms with Crippen LogP contribution in [0.2, 0.25) is 0 Å². The number of carbonyl (C=O) groups is 2. The lowest BCUT2D eigenvalue weighted by Crippen LogP contribution is -2.37. The first kappa shape index (κ1) is 24.9. The summed E-state index contributed by atoms with van der Waals surface area (Å²) < 4.78 is 6.96. The Morgan fingerprint density at radius 2 is 1.97 bits per heavy atom. The maximum absolute atomic E-state index is 12.7. The minimum absolute atomic E-state index is 0.0710. The van der Waals surface area contributed by atoms with Crippen LogP contribution in [0.15, 0.2) is 72.1 Å². The number of benzene rings is 2. The van der Waals surface area contributed by atoms with E-state index in [1.54, 1.807) is 12.1 Å². The average Bonchev–Trinajstić information content (AvgIpc) is 3.49. The molecule has 0 spiro atoms. The van der Waals surface area contributed by atoms with Gasteiger partial charge in [-0.05, 0) is 54.3 Å². The highest BCUT2D eigenvalue weighted by Crippen LogP contribution is 2.28. The number of aromatic nitrogens is 3. The Balaban J connectivity index is 1.73. The van der Waals surface area contributed by atoms with E-state index in [9.17, 15) is 9.59 Å². The summed E-state index contributed by atoms with van der Waals surface area (Å²) in [6.07, 6.45) is 3.74. The molecular weight excluding hydrogens is 456 g/mol. The Morgan fingerprint density at radius 1 is 1.17 bits per heavy atom. The zero-order chi connectivity index (χ0) is 25.9. The van der Waals surface area contributed by atoms with Gasteiger partial charge in [0.1, 0.15) is 0 Å². The zero-order valence-corrected chi connectivity index (χ0v) is 20.8. The van der Waals surface area contributed by atoms with Gasteiger partial charge in [0, 0.05) is 18.3 Å². The highest BCUT2D eigenvalue weighted by atomic mass is 16.3. The predicted molar refractivity (Wildman–Crippen MR) is 140 cm³/mol. The van der Waals surface area contributed by atoms with Gasteiger partial charge in [0.2, 0.25) is 17.6 Å². The molecule has 2 heterocycles. The molecule has 0 saturated heterocycles. The van der Waals surface area contributed by atoms with Crippen molar-refractivity contribution in [2.75, 3.05) is 10.6 Å². The van der Waals surface area contributed by atoms with Gasteiger partial charge in [-0.3, -0.25) is 19.5 Å². The summed E-state index contributed by atoms with van der Waals surface area (Å²) in [6.45, 7) is 12.9. The van der Waals surface area contributed by atoms with Crippen molar-refractivity contribution >= 4 is 34.5 Å². The van der Waals surface area contributed by atoms with E-state index in [4.69, 9.17) is 9.40 Å². The molecule has 2 amide bonds. The first-order valence-electron chi connectivity index (χ1n) is 11.6. The van der Waals surface area contributed by atoms with E-state index in [-0.39, 0.29) is 17.1 Å². The Bertz CT molecular complexity index is 1400. The summed E-state index contributed by atoms with van der Waals surface area (Å²) in [7, 11) is 0. The molecular formula is C27H30N6O3. The molecule has 0 aliphatic heterocycles. The number of hydrogen-bond donors (Lipinski definition) is 3. The third-order valence-electron chi connectivity index (χ3n) is 6.07. The van der Waals surface area contributed by atoms with Crippen LogP contribution in [0, 0.1) is 5.41 Å². The topological polar surface area (TPSA) is 114 Å². The van der Waals surface area contributed by atoms with Gasteiger partial charge < -0.3 is 15.1 Å². The molecule has 0 unspecified atom stereocenters. The Labute approximate surface area is 209 Å². The Kier molecular flexibility index (Phi) is 7.03. The fraction of sp³-hybridized carbons (Fsp3) is 0.259. The number of fused-ring (bicyclic) bond motifs is 1. The number of amides is 2. The van der Waals surface area contributed by atoms with E-state index < -0.39 is 5.91 Å². The molecule has 4 rings (SSSR count). The number of nitrogens with zero attached hydrogens (tertiary/aromatic N) is 3. The summed E-state index contributed by atoms with van der Waals surface area (Å²) in [4.78, 5) is 33.1. The lowest BCUT2D eigenvalue weighted by molar-refractivity contribution is -0.111. The number of hydrogen-bond acceptors (Lipinski definition) is 6. The van der Waals surface area contributed by atoms with Crippen LogP contribution >= 0.6 is 0 Å². The average molecular weight is 487 g/mol. The second-order valence-corrected chi connectivity index (χ2v) is 9.63. The van der Waals surface area contributed by atoms with Crippen molar-refractivity contribution in [3.63, 3.8) is 0 Å². The van der Waals surface area contributed by atoms with Crippen LogP contribution in [-0.2, 0) is 11.3 Å². The van der Waals surface area contributed by atoms with Gasteiger partial charge in [0.25, 0.3) is 5.91 Å². The number of carbonyl (C=O) groups excluding carboxylic acids is 2. The molecule has 4 aromatic rings. The first-order valence-corrected chi connectivity index (χ1v) is 11.6. The largest absolute Gasteiger partial charge is 0.438 e. The van der Waals surface area contributed by atoms with E-state index in [0.29, 0.717) is 35.4 Å². The molecule has 186 valence electrons. The molecule has 0 saturated carbocycles. The van der Waals surface area contributed by atoms with Crippen LogP contribution in [0.3, 0.4) is 0 Å². The van der Waals surface area contributed by atoms with Crippen LogP contribution in [0.5, 0.6) is 0 Å². The van der Waals surface area contributed by atoms with Crippen molar-refractivity contribution in [3.8, 4) is 5.69 Å². The Hall–Kier alpha value is -4.24. The van der Waals surface area contributed by atoms with Gasteiger partial charge in [-0.25, -0.2) is 9.97 Å². The number of nitrogens with one attached hydrogen (secondary N) is 3. The minimum atomic E-state index is -0.471. The van der Waals surface area contributed by atoms with Crippen molar-refractivity contribution < 1.29 is 14.0 Å². The monoisotopic (exact) mass is 486 g/mol. The quantitative estimate of drug-likeness (QED) is 0.305. The lowest BCUT2D eigenvalue weighted by atomic mass is 9.88. The SMILES string of the molecule is C=CC(=O)Nc1cccc(-n2c(NC(=O)c3cnco3)nc3cc(CN[C@@H](C)C(C)(C)C)ccc32)c1. The van der Waals surface area contributed by atoms with Crippen molar-refractivity contribution in [2.24, 2.45) is 5.41 Å². The van der Waals surface area contributed by atoms with E-state index in [0.717, 1.165) is 11.1 Å². The van der Waals surface area contributed by atoms with Crippen molar-refractivity contribution in [2.45, 2.75) is 40.3 Å². The molecule has 0 bridgehead atoms. The van der Waals surface area contributed by atoms with Crippen molar-refractivity contribution in [3.05, 3.63) is 79.0 Å². The normalized spacial score (nSPS) is 12.3. The van der Waals surface area contributed by atoms with E-state index in [1.807, 2.05) is 34.9 Å². The zero-order valence-electron chi connectivity index (χ0n) is 20.8. The fourth-order valence-corrected chi connectivity index (χ4v) is 3.57. The summed E-state index contributed by atoms with van der Waals surface area (Å²) >= 11 is 0. The van der Waals surface area contributed by atoms with Crippen molar-refractivity contribution in [1.82, 2.24) is 19.9 Å².